The van der Waals surface area contributed by atoms with Gasteiger partial charge in [0.1, 0.15) is 5.82 Å². The first-order chi connectivity index (χ1) is 17.7. The summed E-state index contributed by atoms with van der Waals surface area (Å²) >= 11 is 0. The molecule has 7 nitrogen and oxygen atoms in total. The molecule has 0 saturated carbocycles. The Morgan fingerprint density at radius 1 is 1.14 bits per heavy atom. The standard InChI is InChI=1S/C23H19F3N4O3.2C2H6/c1-30-20(13-6-3-2-4-7-13)29-18-14(10-15(23(24,25)26)11-16(18)21(30)31)12-28-17-8-5-9-27-19(17)22(32)33;2*1-2/h2-11,19,27-28H,12H2,1H3,(H,32,33);2*1-2H3. The van der Waals surface area contributed by atoms with Crippen molar-refractivity contribution in [2.75, 3.05) is 0 Å². The number of aliphatic carboxylic acids is 1. The number of allylic oxidation sites excluding steroid dienone is 2. The first-order valence-electron chi connectivity index (χ1n) is 11.9. The van der Waals surface area contributed by atoms with E-state index in [0.29, 0.717) is 11.4 Å². The number of dihydropyridines is 1. The van der Waals surface area contributed by atoms with Gasteiger partial charge in [0.2, 0.25) is 0 Å². The number of alkyl halides is 3. The minimum Gasteiger partial charge on any atom is -0.479 e. The fraction of sp³-hybridized carbons (Fsp3) is 0.296. The smallest absolute Gasteiger partial charge is 0.416 e. The van der Waals surface area contributed by atoms with E-state index < -0.39 is 29.3 Å². The number of hydrogen-bond acceptors (Lipinski definition) is 5. The highest BCUT2D eigenvalue weighted by Gasteiger charge is 2.32. The van der Waals surface area contributed by atoms with Gasteiger partial charge in [0.05, 0.1) is 16.5 Å². The molecule has 2 aromatic carbocycles. The summed E-state index contributed by atoms with van der Waals surface area (Å²) in [5.41, 5.74) is -0.464. The summed E-state index contributed by atoms with van der Waals surface area (Å²) in [6.45, 7) is 7.83. The fourth-order valence-corrected chi connectivity index (χ4v) is 3.64. The van der Waals surface area contributed by atoms with Crippen molar-refractivity contribution in [3.8, 4) is 11.4 Å². The maximum atomic E-state index is 13.6. The maximum absolute atomic E-state index is 13.6. The van der Waals surface area contributed by atoms with E-state index in [4.69, 9.17) is 0 Å². The van der Waals surface area contributed by atoms with Gasteiger partial charge in [-0.15, -0.1) is 0 Å². The number of aromatic nitrogens is 2. The van der Waals surface area contributed by atoms with Crippen molar-refractivity contribution in [2.24, 2.45) is 7.05 Å². The molecule has 0 amide bonds. The predicted molar refractivity (Wildman–Crippen MR) is 139 cm³/mol. The second-order valence-electron chi connectivity index (χ2n) is 7.47. The van der Waals surface area contributed by atoms with Crippen LogP contribution in [0.3, 0.4) is 0 Å². The van der Waals surface area contributed by atoms with Crippen LogP contribution in [0.1, 0.15) is 38.8 Å². The number of rotatable bonds is 5. The molecular formula is C27H31F3N4O3. The SMILES string of the molecule is CC.CC.Cn1c(-c2ccccc2)nc2c(CNC3=CC=CNC3C(=O)O)cc(C(F)(F)F)cc2c1=O. The van der Waals surface area contributed by atoms with Gasteiger partial charge in [-0.05, 0) is 36.0 Å². The summed E-state index contributed by atoms with van der Waals surface area (Å²) in [7, 11) is 1.46. The van der Waals surface area contributed by atoms with Crippen molar-refractivity contribution in [2.45, 2.75) is 46.5 Å². The fourth-order valence-electron chi connectivity index (χ4n) is 3.64. The van der Waals surface area contributed by atoms with E-state index in [1.807, 2.05) is 27.7 Å². The van der Waals surface area contributed by atoms with Gasteiger partial charge in [-0.3, -0.25) is 9.36 Å². The van der Waals surface area contributed by atoms with Crippen LogP contribution in [0.5, 0.6) is 0 Å². The Labute approximate surface area is 213 Å². The Bertz CT molecular complexity index is 1350. The van der Waals surface area contributed by atoms with Gasteiger partial charge in [0, 0.05) is 24.9 Å². The highest BCUT2D eigenvalue weighted by atomic mass is 19.4. The zero-order chi connectivity index (χ0) is 27.8. The zero-order valence-electron chi connectivity index (χ0n) is 21.3. The van der Waals surface area contributed by atoms with Crippen LogP contribution in [0.4, 0.5) is 13.2 Å². The van der Waals surface area contributed by atoms with E-state index in [0.717, 1.165) is 12.1 Å². The van der Waals surface area contributed by atoms with Gasteiger partial charge in [0.25, 0.3) is 5.56 Å². The second kappa shape index (κ2) is 12.8. The van der Waals surface area contributed by atoms with Crippen molar-refractivity contribution in [3.63, 3.8) is 0 Å². The van der Waals surface area contributed by atoms with Crippen molar-refractivity contribution in [1.29, 1.82) is 0 Å². The zero-order valence-corrected chi connectivity index (χ0v) is 21.3. The van der Waals surface area contributed by atoms with Crippen LogP contribution < -0.4 is 16.2 Å². The van der Waals surface area contributed by atoms with Crippen molar-refractivity contribution in [1.82, 2.24) is 20.2 Å². The normalized spacial score (nSPS) is 14.4. The van der Waals surface area contributed by atoms with E-state index in [1.165, 1.54) is 23.9 Å². The summed E-state index contributed by atoms with van der Waals surface area (Å²) in [5, 5.41) is 14.8. The van der Waals surface area contributed by atoms with Gasteiger partial charge < -0.3 is 15.7 Å². The number of nitrogens with one attached hydrogen (secondary N) is 2. The number of halogens is 3. The Kier molecular flexibility index (Phi) is 10.0. The largest absolute Gasteiger partial charge is 0.479 e. The molecule has 4 rings (SSSR count). The van der Waals surface area contributed by atoms with Gasteiger partial charge in [-0.25, -0.2) is 9.78 Å². The Morgan fingerprint density at radius 3 is 2.38 bits per heavy atom. The molecule has 2 heterocycles. The number of carboxylic acid groups (broad SMARTS) is 1. The summed E-state index contributed by atoms with van der Waals surface area (Å²) in [6, 6.07) is 9.48. The molecule has 3 aromatic rings. The molecule has 0 radical (unpaired) electrons. The molecule has 37 heavy (non-hydrogen) atoms. The molecule has 1 atom stereocenters. The van der Waals surface area contributed by atoms with E-state index >= 15 is 0 Å². The first kappa shape index (κ1) is 29.2. The lowest BCUT2D eigenvalue weighted by Crippen LogP contribution is -2.41. The van der Waals surface area contributed by atoms with Crippen molar-refractivity contribution < 1.29 is 23.1 Å². The Morgan fingerprint density at radius 2 is 1.78 bits per heavy atom. The molecule has 0 aliphatic carbocycles. The molecule has 3 N–H and O–H groups in total. The van der Waals surface area contributed by atoms with Crippen LogP contribution in [0, 0.1) is 0 Å². The molecule has 1 aromatic heterocycles. The van der Waals surface area contributed by atoms with Crippen molar-refractivity contribution in [3.05, 3.63) is 88.0 Å². The van der Waals surface area contributed by atoms with Crippen LogP contribution >= 0.6 is 0 Å². The van der Waals surface area contributed by atoms with E-state index in [9.17, 15) is 27.9 Å². The number of nitrogens with zero attached hydrogens (tertiary/aromatic N) is 2. The number of carboxylic acids is 1. The maximum Gasteiger partial charge on any atom is 0.416 e. The molecule has 198 valence electrons. The van der Waals surface area contributed by atoms with E-state index in [2.05, 4.69) is 15.6 Å². The van der Waals surface area contributed by atoms with Gasteiger partial charge >= 0.3 is 12.1 Å². The quantitative estimate of drug-likeness (QED) is 0.431. The van der Waals surface area contributed by atoms with Gasteiger partial charge in [-0.2, -0.15) is 13.2 Å². The third-order valence-electron chi connectivity index (χ3n) is 5.29. The first-order valence-corrected chi connectivity index (χ1v) is 11.9. The summed E-state index contributed by atoms with van der Waals surface area (Å²) < 4.78 is 41.9. The third-order valence-corrected chi connectivity index (χ3v) is 5.29. The topological polar surface area (TPSA) is 96.2 Å². The molecule has 10 heteroatoms. The molecule has 1 aliphatic heterocycles. The lowest BCUT2D eigenvalue weighted by atomic mass is 10.0. The summed E-state index contributed by atoms with van der Waals surface area (Å²) in [4.78, 5) is 29.0. The number of carbonyl (C=O) groups is 1. The molecule has 1 aliphatic rings. The molecule has 0 bridgehead atoms. The Hall–Kier alpha value is -4.08. The average Bonchev–Trinajstić information content (AvgIpc) is 2.91. The average molecular weight is 517 g/mol. The van der Waals surface area contributed by atoms with Gasteiger partial charge in [-0.1, -0.05) is 58.0 Å². The highest BCUT2D eigenvalue weighted by molar-refractivity contribution is 5.84. The van der Waals surface area contributed by atoms with Crippen LogP contribution in [-0.2, 0) is 24.6 Å². The molecule has 0 spiro atoms. The lowest BCUT2D eigenvalue weighted by Gasteiger charge is -2.22. The molecule has 0 saturated heterocycles. The summed E-state index contributed by atoms with van der Waals surface area (Å²) in [6.07, 6.45) is -0.119. The van der Waals surface area contributed by atoms with Crippen LogP contribution in [-0.4, -0.2) is 26.7 Å². The second-order valence-corrected chi connectivity index (χ2v) is 7.47. The monoisotopic (exact) mass is 516 g/mol. The van der Waals surface area contributed by atoms with Crippen LogP contribution in [0.15, 0.2) is 71.3 Å². The number of benzene rings is 2. The molecule has 0 fully saturated rings. The minimum atomic E-state index is -4.68. The van der Waals surface area contributed by atoms with Crippen LogP contribution in [0.25, 0.3) is 22.3 Å². The highest BCUT2D eigenvalue weighted by Crippen LogP contribution is 2.33. The molecular weight excluding hydrogens is 485 g/mol. The Balaban J connectivity index is 0.00000115. The molecule has 1 unspecified atom stereocenters. The predicted octanol–water partition coefficient (Wildman–Crippen LogP) is 5.22. The van der Waals surface area contributed by atoms with Gasteiger partial charge in [0.15, 0.2) is 6.04 Å². The van der Waals surface area contributed by atoms with Crippen molar-refractivity contribution >= 4 is 16.9 Å². The third kappa shape index (κ3) is 6.58. The number of hydrogen-bond donors (Lipinski definition) is 3. The minimum absolute atomic E-state index is 0.115. The van der Waals surface area contributed by atoms with Crippen LogP contribution in [0.2, 0.25) is 0 Å². The van der Waals surface area contributed by atoms with E-state index in [-0.39, 0.29) is 28.7 Å². The summed E-state index contributed by atoms with van der Waals surface area (Å²) in [5.74, 6) is -0.843. The lowest BCUT2D eigenvalue weighted by molar-refractivity contribution is -0.138. The number of fused-ring (bicyclic) bond motifs is 1. The van der Waals surface area contributed by atoms with E-state index in [1.54, 1.807) is 36.4 Å².